The molecule has 0 unspecified atom stereocenters. The molecule has 1 fully saturated rings. The molecular weight excluding hydrogens is 390 g/mol. The van der Waals surface area contributed by atoms with Gasteiger partial charge < -0.3 is 9.84 Å². The van der Waals surface area contributed by atoms with Gasteiger partial charge in [-0.3, -0.25) is 9.59 Å². The predicted molar refractivity (Wildman–Crippen MR) is 115 cm³/mol. The third-order valence-corrected chi connectivity index (χ3v) is 7.35. The summed E-state index contributed by atoms with van der Waals surface area (Å²) in [6, 6.07) is 22.9. The monoisotopic (exact) mass is 411 g/mol. The predicted octanol–water partition coefficient (Wildman–Crippen LogP) is 3.24. The van der Waals surface area contributed by atoms with Gasteiger partial charge >= 0.3 is 0 Å². The van der Waals surface area contributed by atoms with Crippen molar-refractivity contribution < 1.29 is 19.4 Å². The minimum atomic E-state index is -0.938. The molecule has 5 heteroatoms. The average molecular weight is 411 g/mol. The van der Waals surface area contributed by atoms with Gasteiger partial charge in [0.25, 0.3) is 0 Å². The van der Waals surface area contributed by atoms with Crippen LogP contribution in [0.1, 0.15) is 28.2 Å². The normalized spacial score (nSPS) is 27.7. The van der Waals surface area contributed by atoms with Crippen molar-refractivity contribution in [2.24, 2.45) is 11.8 Å². The topological polar surface area (TPSA) is 66.8 Å². The Balaban J connectivity index is 1.62. The van der Waals surface area contributed by atoms with E-state index in [-0.39, 0.29) is 24.3 Å². The van der Waals surface area contributed by atoms with E-state index in [2.05, 4.69) is 0 Å². The number of anilines is 1. The highest BCUT2D eigenvalue weighted by molar-refractivity contribution is 6.23. The molecule has 7 rings (SSSR count). The zero-order valence-electron chi connectivity index (χ0n) is 17.0. The molecule has 0 spiro atoms. The van der Waals surface area contributed by atoms with Crippen LogP contribution in [-0.2, 0) is 15.0 Å². The lowest BCUT2D eigenvalue weighted by Gasteiger charge is -2.53. The van der Waals surface area contributed by atoms with Crippen LogP contribution in [0.2, 0.25) is 0 Å². The van der Waals surface area contributed by atoms with Crippen molar-refractivity contribution in [2.75, 3.05) is 18.6 Å². The lowest BCUT2D eigenvalue weighted by atomic mass is 9.47. The molecule has 2 amide bonds. The third-order valence-electron chi connectivity index (χ3n) is 7.35. The largest absolute Gasteiger partial charge is 0.497 e. The van der Waals surface area contributed by atoms with Crippen molar-refractivity contribution in [3.63, 3.8) is 0 Å². The van der Waals surface area contributed by atoms with E-state index in [0.29, 0.717) is 11.4 Å². The number of aliphatic hydroxyl groups excluding tert-OH is 1. The summed E-state index contributed by atoms with van der Waals surface area (Å²) in [5.74, 6) is -1.29. The Morgan fingerprint density at radius 2 is 1.55 bits per heavy atom. The molecule has 1 N–H and O–H groups in total. The number of hydrogen-bond donors (Lipinski definition) is 1. The third kappa shape index (κ3) is 2.09. The van der Waals surface area contributed by atoms with Gasteiger partial charge in [-0.25, -0.2) is 4.90 Å². The van der Waals surface area contributed by atoms with Crippen molar-refractivity contribution >= 4 is 17.5 Å². The van der Waals surface area contributed by atoms with Crippen LogP contribution in [0.5, 0.6) is 5.75 Å². The van der Waals surface area contributed by atoms with Crippen LogP contribution < -0.4 is 9.64 Å². The molecule has 1 saturated heterocycles. The van der Waals surface area contributed by atoms with Crippen molar-refractivity contribution in [3.8, 4) is 5.75 Å². The number of amides is 2. The first-order valence-corrected chi connectivity index (χ1v) is 10.4. The summed E-state index contributed by atoms with van der Waals surface area (Å²) >= 11 is 0. The highest BCUT2D eigenvalue weighted by Crippen LogP contribution is 2.64. The smallest absolute Gasteiger partial charge is 0.239 e. The van der Waals surface area contributed by atoms with Gasteiger partial charge in [-0.2, -0.15) is 0 Å². The number of methoxy groups -OCH3 is 1. The van der Waals surface area contributed by atoms with Crippen LogP contribution in [0.4, 0.5) is 5.69 Å². The molecule has 0 saturated carbocycles. The van der Waals surface area contributed by atoms with Crippen LogP contribution >= 0.6 is 0 Å². The van der Waals surface area contributed by atoms with E-state index in [9.17, 15) is 14.7 Å². The Hall–Kier alpha value is -3.44. The van der Waals surface area contributed by atoms with Gasteiger partial charge in [0.1, 0.15) is 5.75 Å². The molecule has 3 aromatic carbocycles. The second-order valence-corrected chi connectivity index (χ2v) is 8.50. The molecule has 3 aromatic rings. The number of benzene rings is 3. The molecule has 1 heterocycles. The molecule has 3 aliphatic carbocycles. The minimum Gasteiger partial charge on any atom is -0.497 e. The van der Waals surface area contributed by atoms with Crippen molar-refractivity contribution in [1.29, 1.82) is 0 Å². The molecule has 0 radical (unpaired) electrons. The standard InChI is InChI=1S/C26H21NO4/c1-31-16-8-6-7-15(13-16)27-24(29)22-21-17-9-2-4-11-19(17)26(14-28,23(22)25(27)30)20-12-5-3-10-18(20)21/h2-13,21-23,28H,14H2,1H3/t21?,22-,23+,26?/m0/s1. The highest BCUT2D eigenvalue weighted by Gasteiger charge is 2.68. The Morgan fingerprint density at radius 1 is 0.903 bits per heavy atom. The number of hydrogen-bond acceptors (Lipinski definition) is 4. The van der Waals surface area contributed by atoms with E-state index in [4.69, 9.17) is 4.74 Å². The van der Waals surface area contributed by atoms with Gasteiger partial charge in [0.05, 0.1) is 36.7 Å². The van der Waals surface area contributed by atoms with Gasteiger partial charge in [-0.1, -0.05) is 54.6 Å². The maximum atomic E-state index is 13.9. The fourth-order valence-electron chi connectivity index (χ4n) is 6.20. The van der Waals surface area contributed by atoms with Crippen LogP contribution in [0, 0.1) is 11.8 Å². The Labute approximate surface area is 179 Å². The van der Waals surface area contributed by atoms with Crippen LogP contribution in [0.25, 0.3) is 0 Å². The summed E-state index contributed by atoms with van der Waals surface area (Å²) in [7, 11) is 1.56. The molecule has 2 bridgehead atoms. The Kier molecular flexibility index (Phi) is 3.72. The molecular formula is C26H21NO4. The fourth-order valence-corrected chi connectivity index (χ4v) is 6.20. The van der Waals surface area contributed by atoms with Gasteiger partial charge in [0.15, 0.2) is 0 Å². The van der Waals surface area contributed by atoms with E-state index in [1.807, 2.05) is 48.5 Å². The number of imide groups is 1. The van der Waals surface area contributed by atoms with Gasteiger partial charge in [-0.05, 0) is 34.4 Å². The zero-order chi connectivity index (χ0) is 21.3. The van der Waals surface area contributed by atoms with E-state index in [1.165, 1.54) is 4.90 Å². The van der Waals surface area contributed by atoms with Crippen LogP contribution in [-0.4, -0.2) is 30.6 Å². The lowest BCUT2D eigenvalue weighted by Crippen LogP contribution is -2.55. The maximum absolute atomic E-state index is 13.9. The number of ether oxygens (including phenoxy) is 1. The quantitative estimate of drug-likeness (QED) is 0.672. The summed E-state index contributed by atoms with van der Waals surface area (Å²) in [5.41, 5.74) is 3.54. The van der Waals surface area contributed by atoms with Crippen molar-refractivity contribution in [2.45, 2.75) is 11.3 Å². The molecule has 4 aliphatic rings. The molecule has 1 aliphatic heterocycles. The Morgan fingerprint density at radius 3 is 2.16 bits per heavy atom. The molecule has 2 atom stereocenters. The van der Waals surface area contributed by atoms with Crippen molar-refractivity contribution in [1.82, 2.24) is 0 Å². The molecule has 31 heavy (non-hydrogen) atoms. The molecule has 0 aromatic heterocycles. The highest BCUT2D eigenvalue weighted by atomic mass is 16.5. The van der Waals surface area contributed by atoms with Gasteiger partial charge in [-0.15, -0.1) is 0 Å². The lowest BCUT2D eigenvalue weighted by molar-refractivity contribution is -0.124. The number of nitrogens with zero attached hydrogens (tertiary/aromatic N) is 1. The van der Waals surface area contributed by atoms with E-state index < -0.39 is 17.3 Å². The number of aliphatic hydroxyl groups is 1. The van der Waals surface area contributed by atoms with E-state index >= 15 is 0 Å². The van der Waals surface area contributed by atoms with Gasteiger partial charge in [0, 0.05) is 12.0 Å². The summed E-state index contributed by atoms with van der Waals surface area (Å²) in [5, 5.41) is 10.8. The summed E-state index contributed by atoms with van der Waals surface area (Å²) in [6.45, 7) is -0.236. The summed E-state index contributed by atoms with van der Waals surface area (Å²) in [4.78, 5) is 29.0. The van der Waals surface area contributed by atoms with Crippen LogP contribution in [0.15, 0.2) is 72.8 Å². The molecule has 154 valence electrons. The Bertz CT molecular complexity index is 1200. The minimum absolute atomic E-state index is 0.210. The van der Waals surface area contributed by atoms with Gasteiger partial charge in [0.2, 0.25) is 11.8 Å². The maximum Gasteiger partial charge on any atom is 0.239 e. The number of carbonyl (C=O) groups is 2. The first kappa shape index (κ1) is 18.3. The van der Waals surface area contributed by atoms with E-state index in [1.54, 1.807) is 31.4 Å². The first-order valence-electron chi connectivity index (χ1n) is 10.4. The molecule has 5 nitrogen and oxygen atoms in total. The van der Waals surface area contributed by atoms with Crippen LogP contribution in [0.3, 0.4) is 0 Å². The van der Waals surface area contributed by atoms with Crippen molar-refractivity contribution in [3.05, 3.63) is 95.1 Å². The second kappa shape index (κ2) is 6.28. The first-order chi connectivity index (χ1) is 15.1. The zero-order valence-corrected chi connectivity index (χ0v) is 17.0. The second-order valence-electron chi connectivity index (χ2n) is 8.50. The summed E-state index contributed by atoms with van der Waals surface area (Å²) < 4.78 is 5.31. The van der Waals surface area contributed by atoms with E-state index in [0.717, 1.165) is 22.3 Å². The number of carbonyl (C=O) groups excluding carboxylic acids is 2. The summed E-state index contributed by atoms with van der Waals surface area (Å²) in [6.07, 6.45) is 0. The number of rotatable bonds is 3. The SMILES string of the molecule is COc1cccc(N2C(=O)[C@H]3C4c5ccccc5C(CO)(c5ccccc54)[C@H]3C2=O)c1. The average Bonchev–Trinajstić information content (AvgIpc) is 3.10. The fraction of sp³-hybridized carbons (Fsp3) is 0.231.